The van der Waals surface area contributed by atoms with Crippen LogP contribution in [0.1, 0.15) is 52.9 Å². The normalized spacial score (nSPS) is 26.9. The topological polar surface area (TPSA) is 55.6 Å². The Balaban J connectivity index is 2.53. The summed E-state index contributed by atoms with van der Waals surface area (Å²) in [4.78, 5) is 14.5. The largest absolute Gasteiger partial charge is 0.465 e. The number of carbonyl (C=O) groups is 1. The van der Waals surface area contributed by atoms with Gasteiger partial charge in [-0.3, -0.25) is 4.79 Å². The van der Waals surface area contributed by atoms with Crippen LogP contribution in [0.4, 0.5) is 0 Å². The maximum atomic E-state index is 12.1. The van der Waals surface area contributed by atoms with E-state index in [1.807, 2.05) is 6.92 Å². The number of hydrogen-bond acceptors (Lipinski definition) is 4. The van der Waals surface area contributed by atoms with E-state index in [2.05, 4.69) is 18.7 Å². The number of esters is 1. The number of carbonyl (C=O) groups excluding carboxylic acids is 1. The Kier molecular flexibility index (Phi) is 6.80. The molecule has 0 aliphatic heterocycles. The van der Waals surface area contributed by atoms with E-state index in [0.29, 0.717) is 6.61 Å². The highest BCUT2D eigenvalue weighted by Gasteiger charge is 2.46. The van der Waals surface area contributed by atoms with Crippen LogP contribution in [0, 0.1) is 5.92 Å². The van der Waals surface area contributed by atoms with Crippen LogP contribution in [0.15, 0.2) is 0 Å². The second kappa shape index (κ2) is 7.85. The number of nitrogens with two attached hydrogens (primary N) is 1. The fraction of sp³-hybridized carbons (Fsp3) is 0.933. The molecule has 0 spiro atoms. The van der Waals surface area contributed by atoms with Crippen molar-refractivity contribution in [1.29, 1.82) is 0 Å². The minimum atomic E-state index is -0.734. The van der Waals surface area contributed by atoms with Gasteiger partial charge < -0.3 is 15.4 Å². The molecule has 1 aliphatic rings. The van der Waals surface area contributed by atoms with Crippen molar-refractivity contribution < 1.29 is 9.53 Å². The molecular weight excluding hydrogens is 240 g/mol. The molecule has 2 N–H and O–H groups in total. The van der Waals surface area contributed by atoms with Gasteiger partial charge in [-0.05, 0) is 58.2 Å². The number of rotatable bonds is 8. The van der Waals surface area contributed by atoms with Crippen LogP contribution in [0.3, 0.4) is 0 Å². The van der Waals surface area contributed by atoms with E-state index in [0.717, 1.165) is 45.3 Å². The molecule has 4 heteroatoms. The molecule has 1 fully saturated rings. The average Bonchev–Trinajstić information content (AvgIpc) is 2.77. The summed E-state index contributed by atoms with van der Waals surface area (Å²) in [5.74, 6) is 0.0773. The Morgan fingerprint density at radius 2 is 2.11 bits per heavy atom. The third-order valence-corrected chi connectivity index (χ3v) is 4.31. The van der Waals surface area contributed by atoms with Crippen LogP contribution >= 0.6 is 0 Å². The van der Waals surface area contributed by atoms with Crippen molar-refractivity contribution in [2.75, 3.05) is 26.2 Å². The molecule has 1 aliphatic carbocycles. The van der Waals surface area contributed by atoms with E-state index >= 15 is 0 Å². The van der Waals surface area contributed by atoms with Crippen LogP contribution in [-0.4, -0.2) is 42.6 Å². The van der Waals surface area contributed by atoms with Crippen LogP contribution in [0.5, 0.6) is 0 Å². The lowest BCUT2D eigenvalue weighted by Crippen LogP contribution is -2.52. The fourth-order valence-electron chi connectivity index (χ4n) is 3.12. The maximum Gasteiger partial charge on any atom is 0.326 e. The van der Waals surface area contributed by atoms with Gasteiger partial charge in [-0.1, -0.05) is 20.3 Å². The van der Waals surface area contributed by atoms with Gasteiger partial charge in [0.25, 0.3) is 0 Å². The zero-order valence-electron chi connectivity index (χ0n) is 12.8. The summed E-state index contributed by atoms with van der Waals surface area (Å²) in [6, 6.07) is 0. The molecule has 0 saturated heterocycles. The Bertz CT molecular complexity index is 283. The molecule has 19 heavy (non-hydrogen) atoms. The molecule has 2 unspecified atom stereocenters. The van der Waals surface area contributed by atoms with E-state index in [1.54, 1.807) is 0 Å². The summed E-state index contributed by atoms with van der Waals surface area (Å²) in [6.07, 6.45) is 5.04. The van der Waals surface area contributed by atoms with Crippen molar-refractivity contribution in [1.82, 2.24) is 4.90 Å². The van der Waals surface area contributed by atoms with Crippen LogP contribution in [-0.2, 0) is 9.53 Å². The lowest BCUT2D eigenvalue weighted by Gasteiger charge is -2.30. The van der Waals surface area contributed by atoms with E-state index in [9.17, 15) is 4.79 Å². The van der Waals surface area contributed by atoms with E-state index < -0.39 is 5.54 Å². The average molecular weight is 270 g/mol. The van der Waals surface area contributed by atoms with Gasteiger partial charge in [0.05, 0.1) is 6.61 Å². The lowest BCUT2D eigenvalue weighted by atomic mass is 9.85. The Morgan fingerprint density at radius 3 is 2.68 bits per heavy atom. The maximum absolute atomic E-state index is 12.1. The Morgan fingerprint density at radius 1 is 1.37 bits per heavy atom. The lowest BCUT2D eigenvalue weighted by molar-refractivity contribution is -0.151. The highest BCUT2D eigenvalue weighted by atomic mass is 16.5. The molecule has 1 rings (SSSR count). The molecule has 1 saturated carbocycles. The van der Waals surface area contributed by atoms with Gasteiger partial charge in [-0.2, -0.15) is 0 Å². The highest BCUT2D eigenvalue weighted by Crippen LogP contribution is 2.37. The quantitative estimate of drug-likeness (QED) is 0.687. The van der Waals surface area contributed by atoms with Crippen molar-refractivity contribution in [2.45, 2.75) is 58.4 Å². The predicted octanol–water partition coefficient (Wildman–Crippen LogP) is 2.17. The van der Waals surface area contributed by atoms with Crippen LogP contribution < -0.4 is 5.73 Å². The molecule has 0 aromatic heterocycles. The summed E-state index contributed by atoms with van der Waals surface area (Å²) < 4.78 is 5.16. The number of hydrogen-bond donors (Lipinski definition) is 1. The second-order valence-corrected chi connectivity index (χ2v) is 5.57. The van der Waals surface area contributed by atoms with Crippen molar-refractivity contribution in [3.8, 4) is 0 Å². The minimum absolute atomic E-state index is 0.198. The molecule has 112 valence electrons. The molecule has 0 heterocycles. The summed E-state index contributed by atoms with van der Waals surface area (Å²) in [5, 5.41) is 0. The molecule has 2 atom stereocenters. The summed E-state index contributed by atoms with van der Waals surface area (Å²) in [7, 11) is 0. The van der Waals surface area contributed by atoms with E-state index in [1.165, 1.54) is 6.42 Å². The first kappa shape index (κ1) is 16.4. The van der Waals surface area contributed by atoms with E-state index in [4.69, 9.17) is 10.5 Å². The molecule has 0 amide bonds. The van der Waals surface area contributed by atoms with Gasteiger partial charge >= 0.3 is 5.97 Å². The SMILES string of the molecule is CCCN(CC)CCC1CCCC1(N)C(=O)OCC. The van der Waals surface area contributed by atoms with Crippen molar-refractivity contribution in [3.63, 3.8) is 0 Å². The minimum Gasteiger partial charge on any atom is -0.465 e. The zero-order chi connectivity index (χ0) is 14.3. The van der Waals surface area contributed by atoms with Crippen LogP contribution in [0.2, 0.25) is 0 Å². The summed E-state index contributed by atoms with van der Waals surface area (Å²) in [6.45, 7) is 9.87. The van der Waals surface area contributed by atoms with Gasteiger partial charge in [0.1, 0.15) is 5.54 Å². The Hall–Kier alpha value is -0.610. The third-order valence-electron chi connectivity index (χ3n) is 4.31. The van der Waals surface area contributed by atoms with Gasteiger partial charge in [0.15, 0.2) is 0 Å². The number of nitrogens with zero attached hydrogens (tertiary/aromatic N) is 1. The first-order chi connectivity index (χ1) is 9.08. The van der Waals surface area contributed by atoms with Crippen molar-refractivity contribution >= 4 is 5.97 Å². The molecule has 0 bridgehead atoms. The standard InChI is InChI=1S/C15H30N2O2/c1-4-11-17(5-2)12-9-13-8-7-10-15(13,16)14(18)19-6-3/h13H,4-12,16H2,1-3H3. The van der Waals surface area contributed by atoms with Crippen molar-refractivity contribution in [3.05, 3.63) is 0 Å². The number of ether oxygens (including phenoxy) is 1. The van der Waals surface area contributed by atoms with E-state index in [-0.39, 0.29) is 11.9 Å². The highest BCUT2D eigenvalue weighted by molar-refractivity contribution is 5.81. The molecule has 0 aromatic carbocycles. The third kappa shape index (κ3) is 4.18. The smallest absolute Gasteiger partial charge is 0.326 e. The monoisotopic (exact) mass is 270 g/mol. The molecule has 0 radical (unpaired) electrons. The predicted molar refractivity (Wildman–Crippen MR) is 77.9 cm³/mol. The summed E-state index contributed by atoms with van der Waals surface area (Å²) in [5.41, 5.74) is 5.61. The first-order valence-electron chi connectivity index (χ1n) is 7.76. The second-order valence-electron chi connectivity index (χ2n) is 5.57. The first-order valence-corrected chi connectivity index (χ1v) is 7.76. The molecule has 4 nitrogen and oxygen atoms in total. The van der Waals surface area contributed by atoms with Gasteiger partial charge in [-0.15, -0.1) is 0 Å². The van der Waals surface area contributed by atoms with Gasteiger partial charge in [-0.25, -0.2) is 0 Å². The fourth-order valence-corrected chi connectivity index (χ4v) is 3.12. The summed E-state index contributed by atoms with van der Waals surface area (Å²) >= 11 is 0. The Labute approximate surface area is 117 Å². The van der Waals surface area contributed by atoms with Gasteiger partial charge in [0, 0.05) is 0 Å². The molecular formula is C15H30N2O2. The van der Waals surface area contributed by atoms with Gasteiger partial charge in [0.2, 0.25) is 0 Å². The van der Waals surface area contributed by atoms with Crippen molar-refractivity contribution in [2.24, 2.45) is 11.7 Å². The zero-order valence-corrected chi connectivity index (χ0v) is 12.8. The molecule has 0 aromatic rings. The van der Waals surface area contributed by atoms with Crippen LogP contribution in [0.25, 0.3) is 0 Å².